The van der Waals surface area contributed by atoms with Gasteiger partial charge in [0.05, 0.1) is 13.7 Å². The van der Waals surface area contributed by atoms with E-state index in [1.807, 2.05) is 6.92 Å². The molecule has 0 atom stereocenters. The Labute approximate surface area is 164 Å². The lowest BCUT2D eigenvalue weighted by atomic mass is 10.1. The third-order valence-corrected chi connectivity index (χ3v) is 4.18. The molecular formula is C18H19BrN2O6. The molecule has 0 aromatic heterocycles. The van der Waals surface area contributed by atoms with Crippen LogP contribution in [0.25, 0.3) is 6.08 Å². The topological polar surface area (TPSA) is 94.2 Å². The van der Waals surface area contributed by atoms with Crippen molar-refractivity contribution in [2.75, 3.05) is 26.9 Å². The first-order valence-electron chi connectivity index (χ1n) is 8.02. The molecule has 2 rings (SSSR count). The van der Waals surface area contributed by atoms with Crippen molar-refractivity contribution in [3.8, 4) is 11.5 Å². The highest BCUT2D eigenvalue weighted by Crippen LogP contribution is 2.35. The summed E-state index contributed by atoms with van der Waals surface area (Å²) < 4.78 is 16.3. The zero-order chi connectivity index (χ0) is 20.0. The Morgan fingerprint density at radius 3 is 2.63 bits per heavy atom. The van der Waals surface area contributed by atoms with Crippen molar-refractivity contribution >= 4 is 39.9 Å². The van der Waals surface area contributed by atoms with Gasteiger partial charge in [0.25, 0.3) is 5.91 Å². The number of ether oxygens (including phenoxy) is 3. The average molecular weight is 439 g/mol. The standard InChI is InChI=1S/C18H19BrN2O6/c1-4-6-27-15-9-12(19)11(8-14(15)26-5-2)7-13-17(23)21(18(24)20-13)10-16(22)25-3/h4,7-9H,1,5-6,10H2,2-3H3,(H,20,24)/b13-7+. The van der Waals surface area contributed by atoms with Crippen LogP contribution in [0.2, 0.25) is 0 Å². The van der Waals surface area contributed by atoms with Crippen molar-refractivity contribution in [2.45, 2.75) is 6.92 Å². The van der Waals surface area contributed by atoms with Gasteiger partial charge < -0.3 is 19.5 Å². The minimum absolute atomic E-state index is 0.0341. The first-order chi connectivity index (χ1) is 12.9. The highest BCUT2D eigenvalue weighted by atomic mass is 79.9. The largest absolute Gasteiger partial charge is 0.490 e. The number of rotatable bonds is 8. The number of carbonyl (C=O) groups is 3. The Kier molecular flexibility index (Phi) is 7.00. The van der Waals surface area contributed by atoms with Crippen molar-refractivity contribution in [1.29, 1.82) is 0 Å². The molecule has 3 amide bonds. The summed E-state index contributed by atoms with van der Waals surface area (Å²) in [6.07, 6.45) is 3.10. The van der Waals surface area contributed by atoms with Gasteiger partial charge in [-0.15, -0.1) is 0 Å². The van der Waals surface area contributed by atoms with Gasteiger partial charge in [-0.1, -0.05) is 28.6 Å². The number of carbonyl (C=O) groups excluding carboxylic acids is 3. The first-order valence-corrected chi connectivity index (χ1v) is 8.81. The Hall–Kier alpha value is -2.81. The lowest BCUT2D eigenvalue weighted by molar-refractivity contribution is -0.143. The lowest BCUT2D eigenvalue weighted by Crippen LogP contribution is -2.36. The molecule has 1 aliphatic rings. The first kappa shape index (κ1) is 20.5. The van der Waals surface area contributed by atoms with Crippen LogP contribution in [0.1, 0.15) is 12.5 Å². The molecule has 144 valence electrons. The number of nitrogens with zero attached hydrogens (tertiary/aromatic N) is 1. The van der Waals surface area contributed by atoms with Gasteiger partial charge in [-0.25, -0.2) is 9.69 Å². The highest BCUT2D eigenvalue weighted by molar-refractivity contribution is 9.10. The zero-order valence-corrected chi connectivity index (χ0v) is 16.5. The smallest absolute Gasteiger partial charge is 0.329 e. The second-order valence-electron chi connectivity index (χ2n) is 5.31. The molecule has 1 fully saturated rings. The summed E-state index contributed by atoms with van der Waals surface area (Å²) in [6.45, 7) is 5.71. The van der Waals surface area contributed by atoms with Crippen LogP contribution < -0.4 is 14.8 Å². The summed E-state index contributed by atoms with van der Waals surface area (Å²) in [6, 6.07) is 2.69. The van der Waals surface area contributed by atoms with Crippen molar-refractivity contribution in [3.63, 3.8) is 0 Å². The molecule has 0 bridgehead atoms. The highest BCUT2D eigenvalue weighted by Gasteiger charge is 2.35. The molecule has 27 heavy (non-hydrogen) atoms. The van der Waals surface area contributed by atoms with E-state index in [4.69, 9.17) is 9.47 Å². The quantitative estimate of drug-likeness (QED) is 0.290. The van der Waals surface area contributed by atoms with Gasteiger partial charge in [0.15, 0.2) is 11.5 Å². The molecular weight excluding hydrogens is 420 g/mol. The van der Waals surface area contributed by atoms with E-state index in [0.29, 0.717) is 34.7 Å². The van der Waals surface area contributed by atoms with Gasteiger partial charge >= 0.3 is 12.0 Å². The Morgan fingerprint density at radius 1 is 1.30 bits per heavy atom. The van der Waals surface area contributed by atoms with E-state index in [0.717, 1.165) is 4.90 Å². The van der Waals surface area contributed by atoms with Crippen LogP contribution in [0.5, 0.6) is 11.5 Å². The fraction of sp³-hybridized carbons (Fsp3) is 0.278. The molecule has 0 spiro atoms. The summed E-state index contributed by atoms with van der Waals surface area (Å²) in [7, 11) is 1.18. The van der Waals surface area contributed by atoms with Crippen LogP contribution in [0, 0.1) is 0 Å². The van der Waals surface area contributed by atoms with Crippen molar-refractivity contribution in [2.24, 2.45) is 0 Å². The zero-order valence-electron chi connectivity index (χ0n) is 14.9. The molecule has 8 nitrogen and oxygen atoms in total. The van der Waals surface area contributed by atoms with Crippen molar-refractivity contribution < 1.29 is 28.6 Å². The Bertz CT molecular complexity index is 805. The van der Waals surface area contributed by atoms with Gasteiger partial charge in [-0.05, 0) is 30.7 Å². The van der Waals surface area contributed by atoms with Crippen LogP contribution in [0.4, 0.5) is 4.79 Å². The minimum atomic E-state index is -0.691. The monoisotopic (exact) mass is 438 g/mol. The molecule has 1 heterocycles. The van der Waals surface area contributed by atoms with E-state index in [9.17, 15) is 14.4 Å². The predicted molar refractivity (Wildman–Crippen MR) is 101 cm³/mol. The molecule has 0 radical (unpaired) electrons. The molecule has 0 aliphatic carbocycles. The third-order valence-electron chi connectivity index (χ3n) is 3.50. The summed E-state index contributed by atoms with van der Waals surface area (Å²) in [5, 5.41) is 2.44. The summed E-state index contributed by atoms with van der Waals surface area (Å²) in [4.78, 5) is 36.5. The number of esters is 1. The summed E-state index contributed by atoms with van der Waals surface area (Å²) in [5.41, 5.74) is 0.625. The van der Waals surface area contributed by atoms with Crippen LogP contribution >= 0.6 is 15.9 Å². The van der Waals surface area contributed by atoms with Gasteiger partial charge in [-0.2, -0.15) is 0 Å². The number of urea groups is 1. The van der Waals surface area contributed by atoms with E-state index < -0.39 is 24.5 Å². The molecule has 1 aromatic rings. The number of methoxy groups -OCH3 is 1. The Morgan fingerprint density at radius 2 is 2.00 bits per heavy atom. The fourth-order valence-electron chi connectivity index (χ4n) is 2.26. The third kappa shape index (κ3) is 4.88. The summed E-state index contributed by atoms with van der Waals surface area (Å²) in [5.74, 6) is -0.317. The minimum Gasteiger partial charge on any atom is -0.490 e. The van der Waals surface area contributed by atoms with E-state index >= 15 is 0 Å². The van der Waals surface area contributed by atoms with Crippen LogP contribution in [0.15, 0.2) is 35.0 Å². The summed E-state index contributed by atoms with van der Waals surface area (Å²) >= 11 is 3.42. The maximum absolute atomic E-state index is 12.4. The number of halogens is 1. The van der Waals surface area contributed by atoms with E-state index in [1.165, 1.54) is 13.2 Å². The van der Waals surface area contributed by atoms with E-state index in [2.05, 4.69) is 32.6 Å². The van der Waals surface area contributed by atoms with Crippen LogP contribution in [-0.2, 0) is 14.3 Å². The lowest BCUT2D eigenvalue weighted by Gasteiger charge is -2.13. The van der Waals surface area contributed by atoms with Crippen LogP contribution in [-0.4, -0.2) is 49.7 Å². The van der Waals surface area contributed by atoms with Crippen LogP contribution in [0.3, 0.4) is 0 Å². The number of amides is 3. The van der Waals surface area contributed by atoms with Gasteiger partial charge in [0.1, 0.15) is 18.8 Å². The number of nitrogens with one attached hydrogen (secondary N) is 1. The molecule has 0 saturated carbocycles. The second kappa shape index (κ2) is 9.22. The SMILES string of the molecule is C=CCOc1cc(Br)c(/C=C2/NC(=O)N(CC(=O)OC)C2=O)cc1OCC. The normalized spacial score (nSPS) is 14.9. The van der Waals surface area contributed by atoms with E-state index in [-0.39, 0.29) is 5.70 Å². The van der Waals surface area contributed by atoms with Crippen molar-refractivity contribution in [3.05, 3.63) is 40.5 Å². The number of hydrogen-bond acceptors (Lipinski definition) is 6. The fourth-order valence-corrected chi connectivity index (χ4v) is 2.69. The molecule has 1 N–H and O–H groups in total. The predicted octanol–water partition coefficient (Wildman–Crippen LogP) is 2.48. The molecule has 9 heteroatoms. The Balaban J connectivity index is 2.33. The van der Waals surface area contributed by atoms with E-state index in [1.54, 1.807) is 18.2 Å². The molecule has 1 saturated heterocycles. The second-order valence-corrected chi connectivity index (χ2v) is 6.16. The average Bonchev–Trinajstić information content (AvgIpc) is 2.90. The molecule has 1 aliphatic heterocycles. The van der Waals surface area contributed by atoms with Crippen molar-refractivity contribution in [1.82, 2.24) is 10.2 Å². The van der Waals surface area contributed by atoms with Gasteiger partial charge in [0.2, 0.25) is 0 Å². The van der Waals surface area contributed by atoms with Gasteiger partial charge in [-0.3, -0.25) is 9.59 Å². The van der Waals surface area contributed by atoms with Gasteiger partial charge in [0, 0.05) is 4.47 Å². The molecule has 1 aromatic carbocycles. The number of hydrogen-bond donors (Lipinski definition) is 1. The maximum Gasteiger partial charge on any atom is 0.329 e. The number of benzene rings is 1. The molecule has 0 unspecified atom stereocenters. The maximum atomic E-state index is 12.4. The number of imide groups is 1.